The molecule has 2 aromatic carbocycles. The number of hydrogen-bond donors (Lipinski definition) is 2. The van der Waals surface area contributed by atoms with E-state index >= 15 is 0 Å². The number of benzene rings is 2. The topological polar surface area (TPSA) is 91.7 Å². The molecule has 0 aliphatic carbocycles. The molecular weight excluding hydrogens is 491 g/mol. The minimum Gasteiger partial charge on any atom is -0.493 e. The van der Waals surface area contributed by atoms with Crippen molar-refractivity contribution in [3.63, 3.8) is 0 Å². The number of β-amino-alcohol motifs (C(OH)–C–C–N with tert-alkyl or cyclic N) is 1. The van der Waals surface area contributed by atoms with Gasteiger partial charge in [0.25, 0.3) is 0 Å². The monoisotopic (exact) mass is 530 g/mol. The van der Waals surface area contributed by atoms with Crippen LogP contribution in [0.2, 0.25) is 0 Å². The van der Waals surface area contributed by atoms with Crippen molar-refractivity contribution < 1.29 is 33.6 Å². The fraction of sp³-hybridized carbons (Fsp3) is 0.552. The van der Waals surface area contributed by atoms with Crippen molar-refractivity contribution in [2.24, 2.45) is 0 Å². The van der Waals surface area contributed by atoms with Gasteiger partial charge in [-0.3, -0.25) is 9.69 Å². The number of piperidine rings is 1. The zero-order chi connectivity index (χ0) is 27.0. The molecule has 0 spiro atoms. The van der Waals surface area contributed by atoms with Crippen molar-refractivity contribution in [2.45, 2.75) is 56.8 Å². The third-order valence-electron chi connectivity index (χ3n) is 7.27. The van der Waals surface area contributed by atoms with Crippen LogP contribution in [0.25, 0.3) is 0 Å². The molecule has 0 unspecified atom stereocenters. The third-order valence-corrected chi connectivity index (χ3v) is 7.27. The van der Waals surface area contributed by atoms with E-state index in [1.165, 1.54) is 24.3 Å². The first-order valence-electron chi connectivity index (χ1n) is 13.4. The largest absolute Gasteiger partial charge is 0.493 e. The smallest absolute Gasteiger partial charge is 0.222 e. The van der Waals surface area contributed by atoms with E-state index < -0.39 is 11.7 Å². The Morgan fingerprint density at radius 2 is 1.87 bits per heavy atom. The van der Waals surface area contributed by atoms with Gasteiger partial charge in [-0.25, -0.2) is 4.39 Å². The molecule has 2 N–H and O–H groups in total. The Labute approximate surface area is 223 Å². The molecule has 2 fully saturated rings. The minimum absolute atomic E-state index is 0.102. The van der Waals surface area contributed by atoms with Gasteiger partial charge in [0.05, 0.1) is 19.8 Å². The highest BCUT2D eigenvalue weighted by atomic mass is 19.1. The highest BCUT2D eigenvalue weighted by molar-refractivity contribution is 5.76. The molecule has 2 atom stereocenters. The average Bonchev–Trinajstić information content (AvgIpc) is 3.12. The summed E-state index contributed by atoms with van der Waals surface area (Å²) in [6.07, 6.45) is 4.04. The number of carbonyl (C=O) groups is 1. The quantitative estimate of drug-likeness (QED) is 0.431. The molecule has 0 aromatic heterocycles. The fourth-order valence-electron chi connectivity index (χ4n) is 5.06. The van der Waals surface area contributed by atoms with Crippen molar-refractivity contribution in [3.05, 3.63) is 53.8 Å². The molecule has 208 valence electrons. The summed E-state index contributed by atoms with van der Waals surface area (Å²) >= 11 is 0. The molecule has 0 bridgehead atoms. The van der Waals surface area contributed by atoms with Gasteiger partial charge in [-0.1, -0.05) is 12.5 Å². The van der Waals surface area contributed by atoms with E-state index in [-0.39, 0.29) is 24.9 Å². The Morgan fingerprint density at radius 3 is 2.66 bits per heavy atom. The van der Waals surface area contributed by atoms with Crippen LogP contribution in [0.3, 0.4) is 0 Å². The van der Waals surface area contributed by atoms with Crippen molar-refractivity contribution in [2.75, 3.05) is 46.5 Å². The van der Waals surface area contributed by atoms with E-state index in [1.807, 2.05) is 23.1 Å². The van der Waals surface area contributed by atoms with E-state index in [0.717, 1.165) is 37.8 Å². The highest BCUT2D eigenvalue weighted by Gasteiger charge is 2.42. The van der Waals surface area contributed by atoms with E-state index in [9.17, 15) is 19.4 Å². The molecule has 4 rings (SSSR count). The van der Waals surface area contributed by atoms with Crippen molar-refractivity contribution >= 4 is 5.91 Å². The molecule has 0 radical (unpaired) electrons. The molecule has 2 saturated heterocycles. The van der Waals surface area contributed by atoms with Gasteiger partial charge in [0, 0.05) is 39.1 Å². The predicted octanol–water partition coefficient (Wildman–Crippen LogP) is 3.38. The number of nitrogens with zero attached hydrogens (tertiary/aromatic N) is 2. The first-order valence-corrected chi connectivity index (χ1v) is 13.4. The third kappa shape index (κ3) is 7.58. The first-order chi connectivity index (χ1) is 18.4. The Kier molecular flexibility index (Phi) is 9.82. The van der Waals surface area contributed by atoms with Gasteiger partial charge >= 0.3 is 0 Å². The summed E-state index contributed by atoms with van der Waals surface area (Å²) in [6, 6.07) is 11.4. The molecule has 0 saturated carbocycles. The summed E-state index contributed by atoms with van der Waals surface area (Å²) in [6.45, 7) is 3.33. The van der Waals surface area contributed by atoms with Gasteiger partial charge in [0.15, 0.2) is 11.5 Å². The van der Waals surface area contributed by atoms with E-state index in [1.54, 1.807) is 7.11 Å². The van der Waals surface area contributed by atoms with Crippen LogP contribution >= 0.6 is 0 Å². The Bertz CT molecular complexity index is 1050. The number of aliphatic hydroxyl groups excluding tert-OH is 1. The number of hydrogen-bond acceptors (Lipinski definition) is 7. The van der Waals surface area contributed by atoms with Crippen LogP contribution in [0.1, 0.15) is 44.1 Å². The summed E-state index contributed by atoms with van der Waals surface area (Å²) in [4.78, 5) is 16.2. The molecule has 2 aliphatic heterocycles. The number of amides is 1. The second kappa shape index (κ2) is 13.3. The zero-order valence-electron chi connectivity index (χ0n) is 22.1. The molecule has 38 heavy (non-hydrogen) atoms. The summed E-state index contributed by atoms with van der Waals surface area (Å²) in [5.74, 6) is 1.58. The van der Waals surface area contributed by atoms with Gasteiger partial charge < -0.3 is 29.3 Å². The number of carbonyl (C=O) groups excluding carboxylic acids is 1. The van der Waals surface area contributed by atoms with Gasteiger partial charge in [0.2, 0.25) is 5.91 Å². The predicted molar refractivity (Wildman–Crippen MR) is 141 cm³/mol. The normalized spacial score (nSPS) is 22.7. The van der Waals surface area contributed by atoms with Crippen LogP contribution in [0, 0.1) is 5.82 Å². The maximum atomic E-state index is 13.1. The SMILES string of the molecule is COc1cc(CN2CC[C@H](O)[C@@](O)(COc3ccc(F)cc3)C2)ccc1OCCCN1CCCCCC1=O. The van der Waals surface area contributed by atoms with Crippen molar-refractivity contribution in [1.82, 2.24) is 9.80 Å². The van der Waals surface area contributed by atoms with Crippen molar-refractivity contribution in [3.8, 4) is 17.2 Å². The number of halogens is 1. The number of ether oxygens (including phenoxy) is 3. The summed E-state index contributed by atoms with van der Waals surface area (Å²) in [7, 11) is 1.60. The lowest BCUT2D eigenvalue weighted by atomic mass is 9.90. The second-order valence-corrected chi connectivity index (χ2v) is 10.2. The zero-order valence-corrected chi connectivity index (χ0v) is 22.1. The number of aliphatic hydroxyl groups is 2. The second-order valence-electron chi connectivity index (χ2n) is 10.2. The lowest BCUT2D eigenvalue weighted by Gasteiger charge is -2.42. The van der Waals surface area contributed by atoms with Crippen LogP contribution in [0.4, 0.5) is 4.39 Å². The minimum atomic E-state index is -1.45. The molecule has 2 aromatic rings. The van der Waals surface area contributed by atoms with E-state index in [4.69, 9.17) is 14.2 Å². The standard InChI is InChI=1S/C29H39FN2O6/c1-36-26-18-22(7-12-25(26)37-17-5-15-32-14-4-2-3-6-28(32)34)19-31-16-13-27(33)29(35,20-31)21-38-24-10-8-23(30)9-11-24/h7-12,18,27,33,35H,2-6,13-17,19-21H2,1H3/t27-,29-/m0/s1. The van der Waals surface area contributed by atoms with Crippen LogP contribution in [-0.4, -0.2) is 84.1 Å². The molecule has 1 amide bonds. The molecule has 8 nitrogen and oxygen atoms in total. The van der Waals surface area contributed by atoms with E-state index in [0.29, 0.717) is 56.3 Å². The lowest BCUT2D eigenvalue weighted by molar-refractivity contribution is -0.140. The Morgan fingerprint density at radius 1 is 1.05 bits per heavy atom. The summed E-state index contributed by atoms with van der Waals surface area (Å²) < 4.78 is 30.3. The lowest BCUT2D eigenvalue weighted by Crippen LogP contribution is -2.59. The van der Waals surface area contributed by atoms with Gasteiger partial charge in [-0.05, 0) is 67.6 Å². The molecule has 2 aliphatic rings. The fourth-order valence-corrected chi connectivity index (χ4v) is 5.06. The van der Waals surface area contributed by atoms with Gasteiger partial charge in [0.1, 0.15) is 23.8 Å². The molecule has 9 heteroatoms. The van der Waals surface area contributed by atoms with Gasteiger partial charge in [-0.2, -0.15) is 0 Å². The highest BCUT2D eigenvalue weighted by Crippen LogP contribution is 2.30. The maximum Gasteiger partial charge on any atom is 0.222 e. The van der Waals surface area contributed by atoms with Crippen molar-refractivity contribution in [1.29, 1.82) is 0 Å². The average molecular weight is 531 g/mol. The van der Waals surface area contributed by atoms with Crippen LogP contribution in [-0.2, 0) is 11.3 Å². The number of rotatable bonds is 11. The van der Waals surface area contributed by atoms with Crippen LogP contribution in [0.15, 0.2) is 42.5 Å². The summed E-state index contributed by atoms with van der Waals surface area (Å²) in [5.41, 5.74) is -0.461. The first kappa shape index (κ1) is 28.1. The van der Waals surface area contributed by atoms with Gasteiger partial charge in [-0.15, -0.1) is 0 Å². The Hall–Kier alpha value is -2.88. The maximum absolute atomic E-state index is 13.1. The van der Waals surface area contributed by atoms with Crippen LogP contribution < -0.4 is 14.2 Å². The number of likely N-dealkylation sites (tertiary alicyclic amines) is 2. The summed E-state index contributed by atoms with van der Waals surface area (Å²) in [5, 5.41) is 21.6. The van der Waals surface area contributed by atoms with Crippen LogP contribution in [0.5, 0.6) is 17.2 Å². The number of methoxy groups -OCH3 is 1. The molecular formula is C29H39FN2O6. The van der Waals surface area contributed by atoms with E-state index in [2.05, 4.69) is 4.90 Å². The Balaban J connectivity index is 1.29. The molecule has 2 heterocycles.